The molecule has 3 heteroatoms. The summed E-state index contributed by atoms with van der Waals surface area (Å²) in [7, 11) is -1.13. The van der Waals surface area contributed by atoms with E-state index in [1.165, 1.54) is 0 Å². The molecule has 0 spiro atoms. The fraction of sp³-hybridized carbons (Fsp3) is 0.900. The lowest BCUT2D eigenvalue weighted by molar-refractivity contribution is 0.587. The number of hydrogen-bond acceptors (Lipinski definition) is 1. The van der Waals surface area contributed by atoms with Gasteiger partial charge in [0.1, 0.15) is 11.0 Å². The first-order chi connectivity index (χ1) is 5.55. The van der Waals surface area contributed by atoms with Gasteiger partial charge in [0.05, 0.1) is 4.75 Å². The van der Waals surface area contributed by atoms with Crippen LogP contribution in [-0.4, -0.2) is 14.7 Å². The highest BCUT2D eigenvalue weighted by atomic mass is 32.2. The average molecular weight is 203 g/mol. The van der Waals surface area contributed by atoms with Crippen molar-refractivity contribution in [3.63, 3.8) is 0 Å². The van der Waals surface area contributed by atoms with Crippen molar-refractivity contribution in [1.82, 2.24) is 0 Å². The first-order valence-electron chi connectivity index (χ1n) is 4.53. The SMILES string of the molecule is C/C(=N\[S@@](=O)C(C)(C)C)C(C)(C)C. The maximum atomic E-state index is 11.6. The lowest BCUT2D eigenvalue weighted by Crippen LogP contribution is -2.24. The van der Waals surface area contributed by atoms with Gasteiger partial charge in [-0.05, 0) is 27.7 Å². The molecule has 0 aromatic rings. The smallest absolute Gasteiger partial charge is 0.144 e. The minimum Gasteiger partial charge on any atom is -0.234 e. The van der Waals surface area contributed by atoms with E-state index in [0.717, 1.165) is 5.71 Å². The van der Waals surface area contributed by atoms with Gasteiger partial charge in [-0.15, -0.1) is 0 Å². The quantitative estimate of drug-likeness (QED) is 0.602. The minimum atomic E-state index is -1.13. The summed E-state index contributed by atoms with van der Waals surface area (Å²) >= 11 is 0. The Balaban J connectivity index is 4.70. The Morgan fingerprint density at radius 3 is 1.69 bits per heavy atom. The highest BCUT2D eigenvalue weighted by Crippen LogP contribution is 2.19. The topological polar surface area (TPSA) is 29.4 Å². The molecule has 0 saturated heterocycles. The van der Waals surface area contributed by atoms with Crippen LogP contribution in [0.2, 0.25) is 0 Å². The second kappa shape index (κ2) is 3.91. The Morgan fingerprint density at radius 2 is 1.46 bits per heavy atom. The normalized spacial score (nSPS) is 17.3. The fourth-order valence-electron chi connectivity index (χ4n) is 0.398. The summed E-state index contributed by atoms with van der Waals surface area (Å²) < 4.78 is 15.6. The number of nitrogens with zero attached hydrogens (tertiary/aromatic N) is 1. The summed E-state index contributed by atoms with van der Waals surface area (Å²) in [5, 5.41) is 0. The third kappa shape index (κ3) is 4.55. The largest absolute Gasteiger partial charge is 0.234 e. The summed E-state index contributed by atoms with van der Waals surface area (Å²) in [4.78, 5) is 0. The van der Waals surface area contributed by atoms with E-state index in [2.05, 4.69) is 25.2 Å². The highest BCUT2D eigenvalue weighted by molar-refractivity contribution is 7.85. The summed E-state index contributed by atoms with van der Waals surface area (Å²) in [5.74, 6) is 0. The molecular weight excluding hydrogens is 182 g/mol. The van der Waals surface area contributed by atoms with Crippen LogP contribution in [0.25, 0.3) is 0 Å². The fourth-order valence-corrected chi connectivity index (χ4v) is 1.19. The Labute approximate surface area is 84.4 Å². The Kier molecular flexibility index (Phi) is 3.85. The molecule has 0 rings (SSSR count). The Hall–Kier alpha value is -0.180. The molecular formula is C10H21NOS. The molecule has 0 aliphatic carbocycles. The van der Waals surface area contributed by atoms with Crippen molar-refractivity contribution in [2.45, 2.75) is 53.2 Å². The molecule has 0 aliphatic rings. The molecule has 0 unspecified atom stereocenters. The molecule has 0 radical (unpaired) electrons. The minimum absolute atomic E-state index is 0.0148. The molecule has 0 heterocycles. The van der Waals surface area contributed by atoms with Crippen molar-refractivity contribution in [2.24, 2.45) is 9.81 Å². The van der Waals surface area contributed by atoms with Gasteiger partial charge < -0.3 is 0 Å². The molecule has 0 N–H and O–H groups in total. The first kappa shape index (κ1) is 12.8. The van der Waals surface area contributed by atoms with Gasteiger partial charge in [-0.1, -0.05) is 20.8 Å². The molecule has 1 atom stereocenters. The molecule has 0 saturated carbocycles. The molecule has 0 aromatic heterocycles. The maximum absolute atomic E-state index is 11.6. The van der Waals surface area contributed by atoms with Gasteiger partial charge in [-0.2, -0.15) is 4.40 Å². The third-order valence-electron chi connectivity index (χ3n) is 1.83. The Bertz CT molecular complexity index is 230. The van der Waals surface area contributed by atoms with Crippen molar-refractivity contribution < 1.29 is 4.21 Å². The van der Waals surface area contributed by atoms with Gasteiger partial charge in [0, 0.05) is 11.1 Å². The first-order valence-corrected chi connectivity index (χ1v) is 5.63. The van der Waals surface area contributed by atoms with E-state index < -0.39 is 11.0 Å². The zero-order valence-corrected chi connectivity index (χ0v) is 10.6. The van der Waals surface area contributed by atoms with E-state index in [1.807, 2.05) is 27.7 Å². The molecule has 0 aromatic carbocycles. The molecule has 0 amide bonds. The van der Waals surface area contributed by atoms with Gasteiger partial charge in [-0.25, -0.2) is 4.21 Å². The number of hydrogen-bond donors (Lipinski definition) is 0. The zero-order chi connectivity index (χ0) is 10.9. The van der Waals surface area contributed by atoms with E-state index in [4.69, 9.17) is 0 Å². The van der Waals surface area contributed by atoms with Gasteiger partial charge in [0.15, 0.2) is 0 Å². The second-order valence-electron chi connectivity index (χ2n) is 5.29. The van der Waals surface area contributed by atoms with Crippen LogP contribution in [0.1, 0.15) is 48.5 Å². The highest BCUT2D eigenvalue weighted by Gasteiger charge is 2.22. The third-order valence-corrected chi connectivity index (χ3v) is 3.32. The van der Waals surface area contributed by atoms with Crippen LogP contribution in [0.4, 0.5) is 0 Å². The number of rotatable bonds is 1. The molecule has 0 bridgehead atoms. The van der Waals surface area contributed by atoms with Gasteiger partial charge in [-0.3, -0.25) is 0 Å². The predicted octanol–water partition coefficient (Wildman–Crippen LogP) is 2.96. The van der Waals surface area contributed by atoms with Crippen LogP contribution >= 0.6 is 0 Å². The van der Waals surface area contributed by atoms with Gasteiger partial charge >= 0.3 is 0 Å². The molecule has 78 valence electrons. The van der Waals surface area contributed by atoms with E-state index in [9.17, 15) is 4.21 Å². The van der Waals surface area contributed by atoms with Crippen LogP contribution in [0.15, 0.2) is 4.40 Å². The van der Waals surface area contributed by atoms with Crippen molar-refractivity contribution >= 4 is 16.7 Å². The average Bonchev–Trinajstić information content (AvgIpc) is 1.82. The molecule has 0 aliphatic heterocycles. The van der Waals surface area contributed by atoms with Crippen LogP contribution in [0, 0.1) is 5.41 Å². The summed E-state index contributed by atoms with van der Waals surface area (Å²) in [6, 6.07) is 0. The lowest BCUT2D eigenvalue weighted by atomic mass is 9.91. The van der Waals surface area contributed by atoms with Crippen molar-refractivity contribution in [2.75, 3.05) is 0 Å². The molecule has 0 fully saturated rings. The van der Waals surface area contributed by atoms with Crippen molar-refractivity contribution in [3.8, 4) is 0 Å². The summed E-state index contributed by atoms with van der Waals surface area (Å²) in [5.41, 5.74) is 0.960. The zero-order valence-electron chi connectivity index (χ0n) is 9.76. The summed E-state index contributed by atoms with van der Waals surface area (Å²) in [6.07, 6.45) is 0. The van der Waals surface area contributed by atoms with Crippen molar-refractivity contribution in [1.29, 1.82) is 0 Å². The molecule has 13 heavy (non-hydrogen) atoms. The van der Waals surface area contributed by atoms with Gasteiger partial charge in [0.25, 0.3) is 0 Å². The van der Waals surface area contributed by atoms with E-state index >= 15 is 0 Å². The van der Waals surface area contributed by atoms with E-state index in [0.29, 0.717) is 0 Å². The molecule has 2 nitrogen and oxygen atoms in total. The lowest BCUT2D eigenvalue weighted by Gasteiger charge is -2.20. The van der Waals surface area contributed by atoms with Crippen LogP contribution in [0.5, 0.6) is 0 Å². The van der Waals surface area contributed by atoms with Crippen molar-refractivity contribution in [3.05, 3.63) is 0 Å². The van der Waals surface area contributed by atoms with Crippen LogP contribution < -0.4 is 0 Å². The summed E-state index contributed by atoms with van der Waals surface area (Å²) in [6.45, 7) is 14.0. The predicted molar refractivity (Wildman–Crippen MR) is 60.5 cm³/mol. The van der Waals surface area contributed by atoms with Crippen LogP contribution in [0.3, 0.4) is 0 Å². The van der Waals surface area contributed by atoms with E-state index in [1.54, 1.807) is 0 Å². The second-order valence-corrected chi connectivity index (χ2v) is 7.19. The van der Waals surface area contributed by atoms with E-state index in [-0.39, 0.29) is 10.2 Å². The Morgan fingerprint density at radius 1 is 1.08 bits per heavy atom. The standard InChI is InChI=1S/C10H21NOS/c1-8(9(2,3)4)11-13(12)10(5,6)7/h1-7H3/b11-8+/t13-/m0/s1. The van der Waals surface area contributed by atoms with Gasteiger partial charge in [0.2, 0.25) is 0 Å². The monoisotopic (exact) mass is 203 g/mol. The van der Waals surface area contributed by atoms with Crippen LogP contribution in [-0.2, 0) is 11.0 Å². The maximum Gasteiger partial charge on any atom is 0.144 e.